The van der Waals surface area contributed by atoms with E-state index in [1.165, 1.54) is 43.1 Å². The van der Waals surface area contributed by atoms with Gasteiger partial charge in [-0.25, -0.2) is 0 Å². The molecule has 0 N–H and O–H groups in total. The average Bonchev–Trinajstić information content (AvgIpc) is 3.79. The SMILES string of the molecule is c1ccc2c(c1)OB(c1ccc3ccc4ccc(B5Oc6ccccc6N5c5cccc6ccccc56)cc4c3c1)N2c1cccc2ccccc12. The van der Waals surface area contributed by atoms with E-state index < -0.39 is 0 Å². The molecule has 0 unspecified atom stereocenters. The van der Waals surface area contributed by atoms with Gasteiger partial charge in [-0.2, -0.15) is 0 Å². The summed E-state index contributed by atoms with van der Waals surface area (Å²) in [7, 11) is -0.666. The number of hydrogen-bond acceptors (Lipinski definition) is 4. The molecule has 0 saturated carbocycles. The van der Waals surface area contributed by atoms with E-state index in [-0.39, 0.29) is 14.1 Å². The lowest BCUT2D eigenvalue weighted by molar-refractivity contribution is 0.603. The molecule has 2 heterocycles. The van der Waals surface area contributed by atoms with Crippen molar-refractivity contribution in [1.29, 1.82) is 0 Å². The minimum atomic E-state index is -0.333. The van der Waals surface area contributed by atoms with Gasteiger partial charge >= 0.3 is 14.1 Å². The van der Waals surface area contributed by atoms with Crippen LogP contribution in [0.25, 0.3) is 43.1 Å². The summed E-state index contributed by atoms with van der Waals surface area (Å²) in [5, 5.41) is 9.52. The molecule has 242 valence electrons. The van der Waals surface area contributed by atoms with Crippen LogP contribution in [0.5, 0.6) is 11.5 Å². The Morgan fingerprint density at radius 2 is 0.673 bits per heavy atom. The van der Waals surface area contributed by atoms with Gasteiger partial charge in [0, 0.05) is 22.1 Å². The van der Waals surface area contributed by atoms with Crippen LogP contribution in [0.2, 0.25) is 0 Å². The molecule has 52 heavy (non-hydrogen) atoms. The number of rotatable bonds is 4. The lowest BCUT2D eigenvalue weighted by Crippen LogP contribution is -2.47. The number of fused-ring (bicyclic) bond motifs is 7. The highest BCUT2D eigenvalue weighted by atomic mass is 16.5. The summed E-state index contributed by atoms with van der Waals surface area (Å²) in [4.78, 5) is 4.70. The molecule has 0 amide bonds. The van der Waals surface area contributed by atoms with Crippen molar-refractivity contribution in [1.82, 2.24) is 0 Å². The van der Waals surface area contributed by atoms with Crippen LogP contribution in [0, 0.1) is 0 Å². The topological polar surface area (TPSA) is 24.9 Å². The molecule has 4 nitrogen and oxygen atoms in total. The lowest BCUT2D eigenvalue weighted by Gasteiger charge is -2.25. The average molecular weight is 664 g/mol. The van der Waals surface area contributed by atoms with Crippen LogP contribution in [0.15, 0.2) is 182 Å². The standard InChI is InChI=1S/C46H30B2N2O2/c1-3-15-37-31(11-1)13-9-19-41(37)49-43-17-5-7-21-45(43)51-47(49)35-27-25-33-23-24-34-26-28-36(30-40(34)39(33)29-35)48-50(44-18-6-8-22-46(44)52-48)42-20-10-14-32-12-2-4-16-38(32)42/h1-30H. The molecule has 2 aliphatic rings. The van der Waals surface area contributed by atoms with Crippen LogP contribution in [-0.2, 0) is 0 Å². The van der Waals surface area contributed by atoms with E-state index in [4.69, 9.17) is 9.31 Å². The molecule has 0 atom stereocenters. The molecule has 9 aromatic rings. The van der Waals surface area contributed by atoms with Gasteiger partial charge in [-0.05, 0) is 79.6 Å². The normalized spacial score (nSPS) is 13.5. The fraction of sp³-hybridized carbons (Fsp3) is 0. The van der Waals surface area contributed by atoms with Gasteiger partial charge in [-0.1, -0.05) is 146 Å². The molecule has 0 aliphatic carbocycles. The summed E-state index contributed by atoms with van der Waals surface area (Å²) in [5.74, 6) is 1.76. The van der Waals surface area contributed by atoms with E-state index in [2.05, 4.69) is 179 Å². The first-order chi connectivity index (χ1) is 25.8. The third-order valence-electron chi connectivity index (χ3n) is 10.7. The van der Waals surface area contributed by atoms with Crippen LogP contribution >= 0.6 is 0 Å². The second-order valence-corrected chi connectivity index (χ2v) is 13.6. The molecule has 6 heteroatoms. The maximum Gasteiger partial charge on any atom is 0.524 e. The van der Waals surface area contributed by atoms with Gasteiger partial charge in [0.05, 0.1) is 11.4 Å². The number of anilines is 4. The molecule has 9 aromatic carbocycles. The van der Waals surface area contributed by atoms with Gasteiger partial charge in [-0.3, -0.25) is 0 Å². The molecule has 0 radical (unpaired) electrons. The van der Waals surface area contributed by atoms with Crippen LogP contribution in [0.3, 0.4) is 0 Å². The van der Waals surface area contributed by atoms with Crippen molar-refractivity contribution in [2.24, 2.45) is 0 Å². The van der Waals surface area contributed by atoms with Crippen LogP contribution in [0.1, 0.15) is 0 Å². The van der Waals surface area contributed by atoms with Crippen molar-refractivity contribution in [2.75, 3.05) is 9.62 Å². The van der Waals surface area contributed by atoms with Gasteiger partial charge < -0.3 is 18.9 Å². The minimum Gasteiger partial charge on any atom is -0.536 e. The van der Waals surface area contributed by atoms with Gasteiger partial charge in [0.1, 0.15) is 11.5 Å². The highest BCUT2D eigenvalue weighted by molar-refractivity contribution is 6.76. The van der Waals surface area contributed by atoms with Crippen molar-refractivity contribution >= 4 is 90.9 Å². The summed E-state index contributed by atoms with van der Waals surface area (Å²) in [6, 6.07) is 64.8. The van der Waals surface area contributed by atoms with Crippen LogP contribution in [0.4, 0.5) is 22.7 Å². The maximum atomic E-state index is 6.81. The monoisotopic (exact) mass is 664 g/mol. The van der Waals surface area contributed by atoms with Gasteiger partial charge in [0.2, 0.25) is 0 Å². The number of benzene rings is 9. The van der Waals surface area contributed by atoms with E-state index in [1.54, 1.807) is 0 Å². The maximum absolute atomic E-state index is 6.81. The zero-order valence-corrected chi connectivity index (χ0v) is 28.2. The molecular weight excluding hydrogens is 634 g/mol. The molecule has 0 fully saturated rings. The molecule has 0 bridgehead atoms. The summed E-state index contributed by atoms with van der Waals surface area (Å²) < 4.78 is 13.6. The first-order valence-corrected chi connectivity index (χ1v) is 17.8. The third-order valence-corrected chi connectivity index (χ3v) is 10.7. The second-order valence-electron chi connectivity index (χ2n) is 13.6. The fourth-order valence-corrected chi connectivity index (χ4v) is 8.29. The van der Waals surface area contributed by atoms with Gasteiger partial charge in [-0.15, -0.1) is 0 Å². The zero-order valence-electron chi connectivity index (χ0n) is 28.2. The summed E-state index contributed by atoms with van der Waals surface area (Å²) >= 11 is 0. The van der Waals surface area contributed by atoms with E-state index in [1.807, 2.05) is 12.1 Å². The molecule has 0 aromatic heterocycles. The van der Waals surface area contributed by atoms with Crippen molar-refractivity contribution < 1.29 is 9.31 Å². The zero-order chi connectivity index (χ0) is 34.2. The Balaban J connectivity index is 1.06. The summed E-state index contributed by atoms with van der Waals surface area (Å²) in [6.45, 7) is 0. The Labute approximate surface area is 302 Å². The predicted molar refractivity (Wildman–Crippen MR) is 219 cm³/mol. The third kappa shape index (κ3) is 4.44. The number of nitrogens with zero attached hydrogens (tertiary/aromatic N) is 2. The lowest BCUT2D eigenvalue weighted by atomic mass is 9.69. The molecule has 2 aliphatic heterocycles. The van der Waals surface area contributed by atoms with Crippen LogP contribution in [-0.4, -0.2) is 14.1 Å². The van der Waals surface area contributed by atoms with Crippen LogP contribution < -0.4 is 29.9 Å². The Hall–Kier alpha value is -6.65. The Bertz CT molecular complexity index is 2670. The Morgan fingerprint density at radius 1 is 0.308 bits per heavy atom. The smallest absolute Gasteiger partial charge is 0.524 e. The first kappa shape index (κ1) is 29.1. The highest BCUT2D eigenvalue weighted by Gasteiger charge is 2.41. The summed E-state index contributed by atoms with van der Waals surface area (Å²) in [6.07, 6.45) is 0. The fourth-order valence-electron chi connectivity index (χ4n) is 8.29. The number of hydrogen-bond donors (Lipinski definition) is 0. The minimum absolute atomic E-state index is 0.333. The molecular formula is C46H30B2N2O2. The van der Waals surface area contributed by atoms with Gasteiger partial charge in [0.15, 0.2) is 0 Å². The van der Waals surface area contributed by atoms with E-state index in [9.17, 15) is 0 Å². The number of para-hydroxylation sites is 4. The molecule has 11 rings (SSSR count). The van der Waals surface area contributed by atoms with Crippen molar-refractivity contribution in [3.8, 4) is 11.5 Å². The predicted octanol–water partition coefficient (Wildman–Crippen LogP) is 10.2. The Kier molecular flexibility index (Phi) is 6.41. The quantitative estimate of drug-likeness (QED) is 0.138. The van der Waals surface area contributed by atoms with Crippen molar-refractivity contribution in [2.45, 2.75) is 0 Å². The van der Waals surface area contributed by atoms with Crippen molar-refractivity contribution in [3.63, 3.8) is 0 Å². The first-order valence-electron chi connectivity index (χ1n) is 17.8. The van der Waals surface area contributed by atoms with E-state index in [0.717, 1.165) is 45.2 Å². The molecule has 0 spiro atoms. The largest absolute Gasteiger partial charge is 0.536 e. The van der Waals surface area contributed by atoms with E-state index >= 15 is 0 Å². The highest BCUT2D eigenvalue weighted by Crippen LogP contribution is 2.44. The second kappa shape index (κ2) is 11.4. The van der Waals surface area contributed by atoms with Crippen molar-refractivity contribution in [3.05, 3.63) is 182 Å². The Morgan fingerprint density at radius 3 is 1.17 bits per heavy atom. The molecule has 0 saturated heterocycles. The summed E-state index contributed by atoms with van der Waals surface area (Å²) in [5.41, 5.74) is 6.57. The van der Waals surface area contributed by atoms with Gasteiger partial charge in [0.25, 0.3) is 0 Å². The van der Waals surface area contributed by atoms with E-state index in [0.29, 0.717) is 0 Å².